The molecule has 0 bridgehead atoms. The van der Waals surface area contributed by atoms with Crippen LogP contribution in [0.3, 0.4) is 0 Å². The molecule has 0 spiro atoms. The first-order valence-electron chi connectivity index (χ1n) is 12.9. The van der Waals surface area contributed by atoms with Crippen LogP contribution in [0.15, 0.2) is 109 Å². The highest BCUT2D eigenvalue weighted by Gasteiger charge is 2.28. The minimum absolute atomic E-state index is 1.02. The van der Waals surface area contributed by atoms with E-state index in [1.807, 2.05) is 0 Å². The molecular weight excluding hydrogens is 432 g/mol. The Labute approximate surface area is 209 Å². The van der Waals surface area contributed by atoms with Gasteiger partial charge in [-0.3, -0.25) is 0 Å². The summed E-state index contributed by atoms with van der Waals surface area (Å²) in [7, 11) is 0. The van der Waals surface area contributed by atoms with Crippen LogP contribution >= 0.6 is 0 Å². The summed E-state index contributed by atoms with van der Waals surface area (Å²) in [6, 6.07) is 41.2. The molecule has 0 unspecified atom stereocenters. The lowest BCUT2D eigenvalue weighted by atomic mass is 9.92. The first kappa shape index (κ1) is 18.9. The monoisotopic (exact) mass is 454 g/mol. The van der Waals surface area contributed by atoms with E-state index in [0.717, 1.165) is 12.8 Å². The van der Waals surface area contributed by atoms with Gasteiger partial charge in [0, 0.05) is 0 Å². The Morgan fingerprint density at radius 2 is 0.778 bits per heavy atom. The first-order valence-corrected chi connectivity index (χ1v) is 12.9. The van der Waals surface area contributed by atoms with E-state index >= 15 is 0 Å². The van der Waals surface area contributed by atoms with Gasteiger partial charge in [0.1, 0.15) is 0 Å². The zero-order valence-corrected chi connectivity index (χ0v) is 19.8. The van der Waals surface area contributed by atoms with E-state index < -0.39 is 0 Å². The zero-order valence-electron chi connectivity index (χ0n) is 19.8. The van der Waals surface area contributed by atoms with Gasteiger partial charge >= 0.3 is 0 Å². The molecular formula is C36H22. The highest BCUT2D eigenvalue weighted by molar-refractivity contribution is 6.15. The molecule has 0 heterocycles. The van der Waals surface area contributed by atoms with E-state index in [-0.39, 0.29) is 0 Å². The van der Waals surface area contributed by atoms with E-state index in [9.17, 15) is 0 Å². The number of benzene rings is 7. The zero-order chi connectivity index (χ0) is 23.4. The van der Waals surface area contributed by atoms with Crippen LogP contribution in [-0.2, 0) is 12.8 Å². The smallest absolute Gasteiger partial charge is 0.00130 e. The number of hydrogen-bond acceptors (Lipinski definition) is 0. The van der Waals surface area contributed by atoms with Gasteiger partial charge in [0.25, 0.3) is 0 Å². The molecule has 0 saturated heterocycles. The quantitative estimate of drug-likeness (QED) is 0.200. The molecule has 0 aromatic heterocycles. The van der Waals surface area contributed by atoms with Crippen LogP contribution in [0.25, 0.3) is 65.3 Å². The maximum absolute atomic E-state index is 2.51. The second-order valence-electron chi connectivity index (χ2n) is 10.5. The highest BCUT2D eigenvalue weighted by atomic mass is 14.3. The van der Waals surface area contributed by atoms with E-state index in [2.05, 4.69) is 109 Å². The summed E-state index contributed by atoms with van der Waals surface area (Å²) in [6.45, 7) is 0. The topological polar surface area (TPSA) is 0 Å². The van der Waals surface area contributed by atoms with Gasteiger partial charge in [0.2, 0.25) is 0 Å². The SMILES string of the molecule is c1ccc2c(c1)ccc1c3c(ccc12)Cc1cc2c(cc1-3)Cc1ccc3c(ccc4ccccc43)c1-2. The predicted octanol–water partition coefficient (Wildman–Crippen LogP) is 9.44. The average molecular weight is 455 g/mol. The van der Waals surface area contributed by atoms with Crippen molar-refractivity contribution in [3.63, 3.8) is 0 Å². The van der Waals surface area contributed by atoms with Crippen molar-refractivity contribution in [3.8, 4) is 22.3 Å². The van der Waals surface area contributed by atoms with Gasteiger partial charge in [0.15, 0.2) is 0 Å². The molecule has 0 atom stereocenters. The number of hydrogen-bond donors (Lipinski definition) is 0. The largest absolute Gasteiger partial charge is 0.0616 e. The molecule has 0 N–H and O–H groups in total. The Hall–Kier alpha value is -4.42. The summed E-state index contributed by atoms with van der Waals surface area (Å²) in [5.41, 5.74) is 11.6. The van der Waals surface area contributed by atoms with Crippen molar-refractivity contribution in [2.75, 3.05) is 0 Å². The van der Waals surface area contributed by atoms with Crippen LogP contribution in [0.5, 0.6) is 0 Å². The summed E-state index contributed by atoms with van der Waals surface area (Å²) in [5, 5.41) is 10.8. The Bertz CT molecular complexity index is 1940. The number of fused-ring (bicyclic) bond motifs is 14. The van der Waals surface area contributed by atoms with Crippen LogP contribution in [0.2, 0.25) is 0 Å². The Kier molecular flexibility index (Phi) is 3.47. The maximum atomic E-state index is 2.51. The molecule has 9 rings (SSSR count). The van der Waals surface area contributed by atoms with Crippen molar-refractivity contribution >= 4 is 43.1 Å². The van der Waals surface area contributed by atoms with E-state index in [1.165, 1.54) is 87.6 Å². The molecule has 0 nitrogen and oxygen atoms in total. The van der Waals surface area contributed by atoms with Gasteiger partial charge in [-0.2, -0.15) is 0 Å². The fourth-order valence-electron chi connectivity index (χ4n) is 7.06. The van der Waals surface area contributed by atoms with E-state index in [4.69, 9.17) is 0 Å². The second-order valence-corrected chi connectivity index (χ2v) is 10.5. The fourth-order valence-corrected chi connectivity index (χ4v) is 7.06. The molecule has 0 aliphatic heterocycles. The molecule has 0 fully saturated rings. The molecule has 166 valence electrons. The minimum atomic E-state index is 1.02. The molecule has 0 amide bonds. The van der Waals surface area contributed by atoms with E-state index in [0.29, 0.717) is 0 Å². The van der Waals surface area contributed by atoms with Crippen LogP contribution in [0, 0.1) is 0 Å². The maximum Gasteiger partial charge on any atom is -0.00130 e. The third-order valence-electron chi connectivity index (χ3n) is 8.65. The fraction of sp³-hybridized carbons (Fsp3) is 0.0556. The highest BCUT2D eigenvalue weighted by Crippen LogP contribution is 2.49. The predicted molar refractivity (Wildman–Crippen MR) is 153 cm³/mol. The summed E-state index contributed by atoms with van der Waals surface area (Å²) in [4.78, 5) is 0. The second kappa shape index (κ2) is 6.62. The first-order chi connectivity index (χ1) is 17.8. The molecule has 0 heteroatoms. The molecule has 7 aromatic carbocycles. The summed E-state index contributed by atoms with van der Waals surface area (Å²) in [5.74, 6) is 0. The third-order valence-corrected chi connectivity index (χ3v) is 8.65. The Balaban J connectivity index is 1.29. The van der Waals surface area contributed by atoms with Crippen molar-refractivity contribution in [3.05, 3.63) is 131 Å². The van der Waals surface area contributed by atoms with Gasteiger partial charge in [-0.1, -0.05) is 97.1 Å². The third kappa shape index (κ3) is 2.34. The lowest BCUT2D eigenvalue weighted by Gasteiger charge is -2.12. The molecule has 2 aliphatic rings. The molecule has 0 radical (unpaired) electrons. The van der Waals surface area contributed by atoms with Crippen molar-refractivity contribution < 1.29 is 0 Å². The molecule has 7 aromatic rings. The molecule has 2 aliphatic carbocycles. The van der Waals surface area contributed by atoms with Gasteiger partial charge in [-0.25, -0.2) is 0 Å². The van der Waals surface area contributed by atoms with Crippen molar-refractivity contribution in [2.24, 2.45) is 0 Å². The van der Waals surface area contributed by atoms with E-state index in [1.54, 1.807) is 0 Å². The van der Waals surface area contributed by atoms with Crippen LogP contribution < -0.4 is 0 Å². The number of rotatable bonds is 0. The average Bonchev–Trinajstić information content (AvgIpc) is 3.48. The normalized spacial score (nSPS) is 13.3. The summed E-state index contributed by atoms with van der Waals surface area (Å²) >= 11 is 0. The van der Waals surface area contributed by atoms with Crippen molar-refractivity contribution in [1.29, 1.82) is 0 Å². The minimum Gasteiger partial charge on any atom is -0.0616 e. The lowest BCUT2D eigenvalue weighted by Crippen LogP contribution is -1.87. The van der Waals surface area contributed by atoms with Crippen molar-refractivity contribution in [1.82, 2.24) is 0 Å². The van der Waals surface area contributed by atoms with Gasteiger partial charge in [0.05, 0.1) is 0 Å². The Morgan fingerprint density at radius 3 is 1.28 bits per heavy atom. The Morgan fingerprint density at radius 1 is 0.333 bits per heavy atom. The lowest BCUT2D eigenvalue weighted by molar-refractivity contribution is 1.24. The van der Waals surface area contributed by atoms with Gasteiger partial charge in [-0.15, -0.1) is 0 Å². The molecule has 36 heavy (non-hydrogen) atoms. The summed E-state index contributed by atoms with van der Waals surface area (Å²) in [6.07, 6.45) is 2.04. The van der Waals surface area contributed by atoms with Gasteiger partial charge in [-0.05, 0) is 113 Å². The van der Waals surface area contributed by atoms with Crippen molar-refractivity contribution in [2.45, 2.75) is 12.8 Å². The standard InChI is InChI=1S/C36H22/c1-3-7-27-21(5-1)9-15-31-29(27)13-11-23-17-25-20-34-26(19-33(25)35(23)31)18-24-12-14-30-28-8-4-2-6-22(28)10-16-32(30)36(24)34/h1-16,19-20H,17-18H2. The van der Waals surface area contributed by atoms with Crippen LogP contribution in [0.1, 0.15) is 22.3 Å². The van der Waals surface area contributed by atoms with Gasteiger partial charge < -0.3 is 0 Å². The van der Waals surface area contributed by atoms with Crippen LogP contribution in [0.4, 0.5) is 0 Å². The molecule has 0 saturated carbocycles. The van der Waals surface area contributed by atoms with Crippen LogP contribution in [-0.4, -0.2) is 0 Å². The summed E-state index contributed by atoms with van der Waals surface area (Å²) < 4.78 is 0.